The summed E-state index contributed by atoms with van der Waals surface area (Å²) in [4.78, 5) is 0.229. The molecule has 1 unspecified atom stereocenters. The van der Waals surface area contributed by atoms with Crippen LogP contribution in [0.2, 0.25) is 0 Å². The molecule has 1 aromatic carbocycles. The Morgan fingerprint density at radius 2 is 2.05 bits per heavy atom. The molecule has 1 aliphatic heterocycles. The first-order valence-electron chi connectivity index (χ1n) is 6.64. The second kappa shape index (κ2) is 8.28. The maximum absolute atomic E-state index is 12.2. The Balaban J connectivity index is 1.91. The Labute approximate surface area is 133 Å². The summed E-state index contributed by atoms with van der Waals surface area (Å²) in [6, 6.07) is 6.21. The van der Waals surface area contributed by atoms with Gasteiger partial charge in [0.05, 0.1) is 11.5 Å². The Bertz CT molecular complexity index is 527. The van der Waals surface area contributed by atoms with Crippen molar-refractivity contribution in [1.82, 2.24) is 4.72 Å². The van der Waals surface area contributed by atoms with Crippen LogP contribution in [-0.2, 0) is 10.0 Å². The summed E-state index contributed by atoms with van der Waals surface area (Å²) in [5.41, 5.74) is 0. The first kappa shape index (κ1) is 17.0. The predicted octanol–water partition coefficient (Wildman–Crippen LogP) is 1.18. The zero-order chi connectivity index (χ0) is 15.1. The molecule has 1 aromatic rings. The highest BCUT2D eigenvalue weighted by molar-refractivity contribution is 8.06. The number of hydrogen-bond donors (Lipinski definition) is 2. The van der Waals surface area contributed by atoms with E-state index in [1.165, 1.54) is 12.1 Å². The first-order valence-corrected chi connectivity index (χ1v) is 10.3. The van der Waals surface area contributed by atoms with Crippen LogP contribution in [0, 0.1) is 0 Å². The van der Waals surface area contributed by atoms with E-state index in [-0.39, 0.29) is 18.1 Å². The molecule has 1 heterocycles. The molecule has 21 heavy (non-hydrogen) atoms. The van der Waals surface area contributed by atoms with Gasteiger partial charge in [-0.1, -0.05) is 0 Å². The highest BCUT2D eigenvalue weighted by Crippen LogP contribution is 2.24. The van der Waals surface area contributed by atoms with Gasteiger partial charge in [-0.05, 0) is 24.3 Å². The number of rotatable bonds is 7. The predicted molar refractivity (Wildman–Crippen MR) is 87.8 cm³/mol. The Morgan fingerprint density at radius 3 is 2.67 bits per heavy atom. The van der Waals surface area contributed by atoms with Gasteiger partial charge in [0.1, 0.15) is 12.4 Å². The summed E-state index contributed by atoms with van der Waals surface area (Å²) >= 11 is 3.69. The standard InChI is InChI=1S/C13H19NO4S3/c15-5-6-18-11-1-3-13(4-2-11)21(16,17)14-9-12-10-19-7-8-20-12/h1-4,12,14-15H,5-10H2. The molecule has 0 amide bonds. The minimum Gasteiger partial charge on any atom is -0.491 e. The lowest BCUT2D eigenvalue weighted by Gasteiger charge is -2.21. The van der Waals surface area contributed by atoms with Crippen molar-refractivity contribution in [1.29, 1.82) is 0 Å². The topological polar surface area (TPSA) is 75.6 Å². The van der Waals surface area contributed by atoms with E-state index in [0.717, 1.165) is 17.3 Å². The third kappa shape index (κ3) is 5.37. The fourth-order valence-corrected chi connectivity index (χ4v) is 5.62. The van der Waals surface area contributed by atoms with Gasteiger partial charge in [-0.15, -0.1) is 0 Å². The quantitative estimate of drug-likeness (QED) is 0.770. The van der Waals surface area contributed by atoms with Crippen molar-refractivity contribution in [3.63, 3.8) is 0 Å². The minimum atomic E-state index is -3.47. The summed E-state index contributed by atoms with van der Waals surface area (Å²) in [5.74, 6) is 3.75. The molecule has 0 bridgehead atoms. The van der Waals surface area contributed by atoms with Crippen molar-refractivity contribution in [3.05, 3.63) is 24.3 Å². The van der Waals surface area contributed by atoms with Crippen LogP contribution in [0.3, 0.4) is 0 Å². The molecule has 1 atom stereocenters. The summed E-state index contributed by atoms with van der Waals surface area (Å²) < 4.78 is 32.3. The minimum absolute atomic E-state index is 0.0708. The smallest absolute Gasteiger partial charge is 0.240 e. The Kier molecular flexibility index (Phi) is 6.69. The maximum Gasteiger partial charge on any atom is 0.240 e. The van der Waals surface area contributed by atoms with Crippen molar-refractivity contribution in [2.24, 2.45) is 0 Å². The van der Waals surface area contributed by atoms with Crippen LogP contribution in [-0.4, -0.2) is 55.8 Å². The van der Waals surface area contributed by atoms with Gasteiger partial charge in [0.25, 0.3) is 0 Å². The summed E-state index contributed by atoms with van der Waals surface area (Å²) in [7, 11) is -3.47. The second-order valence-electron chi connectivity index (χ2n) is 4.46. The highest BCUT2D eigenvalue weighted by atomic mass is 32.2. The lowest BCUT2D eigenvalue weighted by Crippen LogP contribution is -2.33. The molecule has 0 spiro atoms. The van der Waals surface area contributed by atoms with E-state index in [9.17, 15) is 8.42 Å². The molecule has 0 saturated carbocycles. The van der Waals surface area contributed by atoms with Gasteiger partial charge in [0, 0.05) is 29.1 Å². The van der Waals surface area contributed by atoms with Crippen LogP contribution < -0.4 is 9.46 Å². The molecular formula is C13H19NO4S3. The van der Waals surface area contributed by atoms with Crippen molar-refractivity contribution in [3.8, 4) is 5.75 Å². The lowest BCUT2D eigenvalue weighted by atomic mass is 10.3. The first-order chi connectivity index (χ1) is 10.1. The fraction of sp³-hybridized carbons (Fsp3) is 0.538. The fourth-order valence-electron chi connectivity index (χ4n) is 1.82. The Morgan fingerprint density at radius 1 is 1.29 bits per heavy atom. The molecule has 1 fully saturated rings. The van der Waals surface area contributed by atoms with Crippen LogP contribution in [0.5, 0.6) is 5.75 Å². The van der Waals surface area contributed by atoms with E-state index < -0.39 is 10.0 Å². The van der Waals surface area contributed by atoms with Gasteiger partial charge >= 0.3 is 0 Å². The summed E-state index contributed by atoms with van der Waals surface area (Å²) in [6.45, 7) is 0.586. The highest BCUT2D eigenvalue weighted by Gasteiger charge is 2.19. The van der Waals surface area contributed by atoms with E-state index in [4.69, 9.17) is 9.84 Å². The largest absolute Gasteiger partial charge is 0.491 e. The van der Waals surface area contributed by atoms with Crippen molar-refractivity contribution in [2.45, 2.75) is 10.1 Å². The van der Waals surface area contributed by atoms with Crippen LogP contribution in [0.15, 0.2) is 29.2 Å². The summed E-state index contributed by atoms with van der Waals surface area (Å²) in [6.07, 6.45) is 0. The normalized spacial score (nSPS) is 19.4. The molecule has 0 aliphatic carbocycles. The van der Waals surface area contributed by atoms with Gasteiger partial charge in [-0.3, -0.25) is 0 Å². The monoisotopic (exact) mass is 349 g/mol. The van der Waals surface area contributed by atoms with E-state index in [1.54, 1.807) is 12.1 Å². The van der Waals surface area contributed by atoms with Crippen molar-refractivity contribution >= 4 is 33.5 Å². The maximum atomic E-state index is 12.2. The molecule has 0 radical (unpaired) electrons. The number of thioether (sulfide) groups is 2. The third-order valence-electron chi connectivity index (χ3n) is 2.88. The van der Waals surface area contributed by atoms with Crippen LogP contribution in [0.25, 0.3) is 0 Å². The molecular weight excluding hydrogens is 330 g/mol. The van der Waals surface area contributed by atoms with Gasteiger partial charge in [0.2, 0.25) is 10.0 Å². The van der Waals surface area contributed by atoms with E-state index in [0.29, 0.717) is 17.5 Å². The average molecular weight is 349 g/mol. The van der Waals surface area contributed by atoms with Crippen molar-refractivity contribution < 1.29 is 18.3 Å². The lowest BCUT2D eigenvalue weighted by molar-refractivity contribution is 0.201. The zero-order valence-corrected chi connectivity index (χ0v) is 14.0. The van der Waals surface area contributed by atoms with Crippen LogP contribution in [0.1, 0.15) is 0 Å². The molecule has 8 heteroatoms. The number of benzene rings is 1. The molecule has 5 nitrogen and oxygen atoms in total. The number of aliphatic hydroxyl groups is 1. The Hall–Kier alpha value is -0.410. The second-order valence-corrected chi connectivity index (χ2v) is 8.79. The van der Waals surface area contributed by atoms with Gasteiger partial charge in [-0.25, -0.2) is 13.1 Å². The van der Waals surface area contributed by atoms with Gasteiger partial charge in [-0.2, -0.15) is 23.5 Å². The summed E-state index contributed by atoms with van der Waals surface area (Å²) in [5, 5.41) is 9.01. The number of aliphatic hydroxyl groups excluding tert-OH is 1. The SMILES string of the molecule is O=S(=O)(NCC1CSCCS1)c1ccc(OCCO)cc1. The van der Waals surface area contributed by atoms with Crippen LogP contribution in [0.4, 0.5) is 0 Å². The van der Waals surface area contributed by atoms with E-state index in [1.807, 2.05) is 23.5 Å². The number of ether oxygens (including phenoxy) is 1. The van der Waals surface area contributed by atoms with Crippen LogP contribution >= 0.6 is 23.5 Å². The van der Waals surface area contributed by atoms with Gasteiger partial charge in [0.15, 0.2) is 0 Å². The zero-order valence-electron chi connectivity index (χ0n) is 11.5. The molecule has 0 aromatic heterocycles. The average Bonchev–Trinajstić information content (AvgIpc) is 2.52. The third-order valence-corrected chi connectivity index (χ3v) is 7.16. The molecule has 1 aliphatic rings. The molecule has 118 valence electrons. The van der Waals surface area contributed by atoms with E-state index in [2.05, 4.69) is 4.72 Å². The molecule has 1 saturated heterocycles. The molecule has 2 rings (SSSR count). The van der Waals surface area contributed by atoms with Gasteiger partial charge < -0.3 is 9.84 Å². The number of nitrogens with one attached hydrogen (secondary N) is 1. The van der Waals surface area contributed by atoms with E-state index >= 15 is 0 Å². The number of hydrogen-bond acceptors (Lipinski definition) is 6. The molecule has 2 N–H and O–H groups in total. The number of sulfonamides is 1. The van der Waals surface area contributed by atoms with Crippen molar-refractivity contribution in [2.75, 3.05) is 37.0 Å².